The molecule has 1 aliphatic rings. The second-order valence-corrected chi connectivity index (χ2v) is 6.72. The second-order valence-electron chi connectivity index (χ2n) is 6.72. The SMILES string of the molecule is CC1=CC(C)(C)Nc2c(C(=O)Nc3ccc(C)cc3)cccc21. The van der Waals surface area contributed by atoms with E-state index in [2.05, 4.69) is 37.5 Å². The van der Waals surface area contributed by atoms with Gasteiger partial charge in [0.05, 0.1) is 16.8 Å². The van der Waals surface area contributed by atoms with Gasteiger partial charge in [0.25, 0.3) is 5.91 Å². The summed E-state index contributed by atoms with van der Waals surface area (Å²) in [5.41, 5.74) is 5.65. The van der Waals surface area contributed by atoms with Gasteiger partial charge in [-0.1, -0.05) is 35.9 Å². The molecule has 1 amide bonds. The number of allylic oxidation sites excluding steroid dienone is 1. The molecule has 3 heteroatoms. The Morgan fingerprint density at radius 3 is 2.43 bits per heavy atom. The topological polar surface area (TPSA) is 41.1 Å². The fourth-order valence-electron chi connectivity index (χ4n) is 3.02. The Bertz CT molecular complexity index is 786. The quantitative estimate of drug-likeness (QED) is 0.832. The number of aryl methyl sites for hydroxylation is 1. The molecule has 1 aliphatic heterocycles. The monoisotopic (exact) mass is 306 g/mol. The number of amides is 1. The van der Waals surface area contributed by atoms with Crippen LogP contribution in [0.25, 0.3) is 5.57 Å². The zero-order valence-corrected chi connectivity index (χ0v) is 14.0. The van der Waals surface area contributed by atoms with Crippen LogP contribution in [-0.2, 0) is 0 Å². The molecule has 118 valence electrons. The number of para-hydroxylation sites is 1. The van der Waals surface area contributed by atoms with Crippen molar-refractivity contribution >= 4 is 22.9 Å². The van der Waals surface area contributed by atoms with E-state index in [9.17, 15) is 4.79 Å². The van der Waals surface area contributed by atoms with Gasteiger partial charge in [-0.15, -0.1) is 0 Å². The first-order valence-electron chi connectivity index (χ1n) is 7.85. The molecule has 0 saturated heterocycles. The van der Waals surface area contributed by atoms with E-state index in [0.717, 1.165) is 16.9 Å². The van der Waals surface area contributed by atoms with Crippen molar-refractivity contribution in [2.45, 2.75) is 33.2 Å². The summed E-state index contributed by atoms with van der Waals surface area (Å²) in [6, 6.07) is 13.7. The third-order valence-electron chi connectivity index (χ3n) is 4.07. The first-order chi connectivity index (χ1) is 10.9. The molecule has 3 nitrogen and oxygen atoms in total. The highest BCUT2D eigenvalue weighted by molar-refractivity contribution is 6.10. The summed E-state index contributed by atoms with van der Waals surface area (Å²) in [5.74, 6) is -0.0938. The van der Waals surface area contributed by atoms with Crippen LogP contribution in [0.1, 0.15) is 42.3 Å². The molecule has 0 atom stereocenters. The van der Waals surface area contributed by atoms with Crippen LogP contribution in [0.15, 0.2) is 48.5 Å². The molecule has 1 heterocycles. The van der Waals surface area contributed by atoms with Crippen molar-refractivity contribution in [3.8, 4) is 0 Å². The number of hydrogen-bond acceptors (Lipinski definition) is 2. The molecular weight excluding hydrogens is 284 g/mol. The highest BCUT2D eigenvalue weighted by Crippen LogP contribution is 2.36. The van der Waals surface area contributed by atoms with Crippen LogP contribution in [0.4, 0.5) is 11.4 Å². The van der Waals surface area contributed by atoms with E-state index in [1.807, 2.05) is 49.4 Å². The van der Waals surface area contributed by atoms with Gasteiger partial charge in [-0.3, -0.25) is 4.79 Å². The normalized spacial score (nSPS) is 15.2. The molecule has 2 aromatic carbocycles. The highest BCUT2D eigenvalue weighted by Gasteiger charge is 2.26. The van der Waals surface area contributed by atoms with E-state index >= 15 is 0 Å². The summed E-state index contributed by atoms with van der Waals surface area (Å²) < 4.78 is 0. The van der Waals surface area contributed by atoms with Crippen LogP contribution in [0.5, 0.6) is 0 Å². The van der Waals surface area contributed by atoms with Crippen molar-refractivity contribution in [2.75, 3.05) is 10.6 Å². The fourth-order valence-corrected chi connectivity index (χ4v) is 3.02. The van der Waals surface area contributed by atoms with E-state index in [4.69, 9.17) is 0 Å². The van der Waals surface area contributed by atoms with Crippen LogP contribution in [0, 0.1) is 6.92 Å². The van der Waals surface area contributed by atoms with Gasteiger partial charge in [-0.2, -0.15) is 0 Å². The molecule has 0 spiro atoms. The molecule has 0 fully saturated rings. The van der Waals surface area contributed by atoms with Crippen molar-refractivity contribution < 1.29 is 4.79 Å². The lowest BCUT2D eigenvalue weighted by molar-refractivity contribution is 0.102. The minimum Gasteiger partial charge on any atom is -0.376 e. The number of anilines is 2. The first-order valence-corrected chi connectivity index (χ1v) is 7.85. The zero-order chi connectivity index (χ0) is 16.6. The molecule has 0 aliphatic carbocycles. The number of fused-ring (bicyclic) bond motifs is 1. The Kier molecular flexibility index (Phi) is 3.72. The Balaban J connectivity index is 1.95. The van der Waals surface area contributed by atoms with Gasteiger partial charge in [0.2, 0.25) is 0 Å². The lowest BCUT2D eigenvalue weighted by atomic mass is 9.89. The molecule has 0 aromatic heterocycles. The van der Waals surface area contributed by atoms with Gasteiger partial charge in [0.1, 0.15) is 0 Å². The number of benzene rings is 2. The van der Waals surface area contributed by atoms with Gasteiger partial charge in [0, 0.05) is 11.3 Å². The Morgan fingerprint density at radius 2 is 1.74 bits per heavy atom. The van der Waals surface area contributed by atoms with Crippen molar-refractivity contribution in [1.82, 2.24) is 0 Å². The maximum atomic E-state index is 12.7. The van der Waals surface area contributed by atoms with Crippen molar-refractivity contribution in [2.24, 2.45) is 0 Å². The Labute approximate surface area is 137 Å². The average Bonchev–Trinajstić information content (AvgIpc) is 2.48. The van der Waals surface area contributed by atoms with Gasteiger partial charge in [-0.05, 0) is 51.5 Å². The first kappa shape index (κ1) is 15.3. The van der Waals surface area contributed by atoms with E-state index in [0.29, 0.717) is 5.56 Å². The van der Waals surface area contributed by atoms with Crippen LogP contribution >= 0.6 is 0 Å². The van der Waals surface area contributed by atoms with Gasteiger partial charge in [-0.25, -0.2) is 0 Å². The average molecular weight is 306 g/mol. The van der Waals surface area contributed by atoms with Gasteiger partial charge >= 0.3 is 0 Å². The second kappa shape index (κ2) is 5.58. The van der Waals surface area contributed by atoms with Gasteiger partial charge in [0.15, 0.2) is 0 Å². The molecule has 2 N–H and O–H groups in total. The van der Waals surface area contributed by atoms with E-state index in [-0.39, 0.29) is 11.4 Å². The number of nitrogens with one attached hydrogen (secondary N) is 2. The molecular formula is C20H22N2O. The summed E-state index contributed by atoms with van der Waals surface area (Å²) in [4.78, 5) is 12.7. The van der Waals surface area contributed by atoms with E-state index < -0.39 is 0 Å². The summed E-state index contributed by atoms with van der Waals surface area (Å²) in [5, 5.41) is 6.45. The number of carbonyl (C=O) groups excluding carboxylic acids is 1. The van der Waals surface area contributed by atoms with E-state index in [1.54, 1.807) is 0 Å². The largest absolute Gasteiger partial charge is 0.376 e. The third kappa shape index (κ3) is 3.14. The van der Waals surface area contributed by atoms with E-state index in [1.165, 1.54) is 11.1 Å². The number of carbonyl (C=O) groups is 1. The molecule has 3 rings (SSSR count). The highest BCUT2D eigenvalue weighted by atomic mass is 16.1. The molecule has 0 saturated carbocycles. The molecule has 0 radical (unpaired) electrons. The van der Waals surface area contributed by atoms with Crippen LogP contribution in [-0.4, -0.2) is 11.4 Å². The van der Waals surface area contributed by atoms with Crippen LogP contribution in [0.2, 0.25) is 0 Å². The van der Waals surface area contributed by atoms with Crippen LogP contribution in [0.3, 0.4) is 0 Å². The maximum absolute atomic E-state index is 12.7. The lowest BCUT2D eigenvalue weighted by Gasteiger charge is -2.32. The Hall–Kier alpha value is -2.55. The van der Waals surface area contributed by atoms with Crippen LogP contribution < -0.4 is 10.6 Å². The third-order valence-corrected chi connectivity index (χ3v) is 4.07. The predicted octanol–water partition coefficient (Wildman–Crippen LogP) is 4.85. The van der Waals surface area contributed by atoms with Gasteiger partial charge < -0.3 is 10.6 Å². The standard InChI is InChI=1S/C20H22N2O/c1-13-8-10-15(11-9-13)21-19(23)17-7-5-6-16-14(2)12-20(3,4)22-18(16)17/h5-12,22H,1-4H3,(H,21,23). The minimum absolute atomic E-state index is 0.0938. The smallest absolute Gasteiger partial charge is 0.257 e. The fraction of sp³-hybridized carbons (Fsp3) is 0.250. The summed E-state index contributed by atoms with van der Waals surface area (Å²) in [7, 11) is 0. The molecule has 0 bridgehead atoms. The van der Waals surface area contributed by atoms with Crippen molar-refractivity contribution in [3.63, 3.8) is 0 Å². The summed E-state index contributed by atoms with van der Waals surface area (Å²) in [6.07, 6.45) is 2.19. The maximum Gasteiger partial charge on any atom is 0.257 e. The van der Waals surface area contributed by atoms with Crippen molar-refractivity contribution in [1.29, 1.82) is 0 Å². The zero-order valence-electron chi connectivity index (χ0n) is 14.0. The lowest BCUT2D eigenvalue weighted by Crippen LogP contribution is -2.33. The van der Waals surface area contributed by atoms with Crippen molar-refractivity contribution in [3.05, 3.63) is 65.2 Å². The summed E-state index contributed by atoms with van der Waals surface area (Å²) in [6.45, 7) is 8.32. The number of rotatable bonds is 2. The summed E-state index contributed by atoms with van der Waals surface area (Å²) >= 11 is 0. The molecule has 2 aromatic rings. The molecule has 0 unspecified atom stereocenters. The Morgan fingerprint density at radius 1 is 1.04 bits per heavy atom. The minimum atomic E-state index is -0.169. The number of hydrogen-bond donors (Lipinski definition) is 2. The predicted molar refractivity (Wildman–Crippen MR) is 96.9 cm³/mol. The molecule has 23 heavy (non-hydrogen) atoms.